The van der Waals surface area contributed by atoms with Crippen molar-refractivity contribution in [2.24, 2.45) is 0 Å². The predicted molar refractivity (Wildman–Crippen MR) is 83.1 cm³/mol. The second kappa shape index (κ2) is 7.29. The molecule has 2 rings (SSSR count). The molecule has 0 aliphatic rings. The third-order valence-corrected chi connectivity index (χ3v) is 3.88. The Morgan fingerprint density at radius 2 is 2.15 bits per heavy atom. The number of aromatic nitrogens is 1. The van der Waals surface area contributed by atoms with E-state index in [1.807, 2.05) is 24.3 Å². The maximum absolute atomic E-state index is 11.6. The fourth-order valence-electron chi connectivity index (χ4n) is 1.90. The van der Waals surface area contributed by atoms with Gasteiger partial charge in [-0.2, -0.15) is 0 Å². The number of benzene rings is 1. The predicted octanol–water partition coefficient (Wildman–Crippen LogP) is 3.98. The Morgan fingerprint density at radius 1 is 1.35 bits per heavy atom. The van der Waals surface area contributed by atoms with Gasteiger partial charge in [-0.1, -0.05) is 43.3 Å². The van der Waals surface area contributed by atoms with Crippen LogP contribution in [0.2, 0.25) is 0 Å². The monoisotopic (exact) mass is 289 g/mol. The molecular weight excluding hydrogens is 270 g/mol. The van der Waals surface area contributed by atoms with Gasteiger partial charge in [0.15, 0.2) is 0 Å². The van der Waals surface area contributed by atoms with Crippen LogP contribution >= 0.6 is 11.8 Å². The average molecular weight is 289 g/mol. The second-order valence-electron chi connectivity index (χ2n) is 4.66. The van der Waals surface area contributed by atoms with E-state index >= 15 is 0 Å². The Labute approximate surface area is 123 Å². The zero-order chi connectivity index (χ0) is 14.4. The highest BCUT2D eigenvalue weighted by Gasteiger charge is 2.07. The molecule has 4 heteroatoms. The lowest BCUT2D eigenvalue weighted by Crippen LogP contribution is -2.08. The van der Waals surface area contributed by atoms with Crippen LogP contribution in [-0.2, 0) is 9.53 Å². The van der Waals surface area contributed by atoms with E-state index in [2.05, 4.69) is 24.9 Å². The first kappa shape index (κ1) is 14.9. The van der Waals surface area contributed by atoms with Gasteiger partial charge in [0.2, 0.25) is 0 Å². The molecule has 20 heavy (non-hydrogen) atoms. The lowest BCUT2D eigenvalue weighted by atomic mass is 10.1. The van der Waals surface area contributed by atoms with Crippen molar-refractivity contribution in [2.45, 2.75) is 31.7 Å². The number of thioether (sulfide) groups is 1. The lowest BCUT2D eigenvalue weighted by molar-refractivity contribution is -0.140. The largest absolute Gasteiger partial charge is 0.465 e. The van der Waals surface area contributed by atoms with Crippen molar-refractivity contribution in [3.8, 4) is 0 Å². The van der Waals surface area contributed by atoms with E-state index in [-0.39, 0.29) is 5.97 Å². The summed E-state index contributed by atoms with van der Waals surface area (Å²) in [4.78, 5) is 16.1. The Hall–Kier alpha value is -1.55. The van der Waals surface area contributed by atoms with E-state index in [9.17, 15) is 4.79 Å². The zero-order valence-corrected chi connectivity index (χ0v) is 12.7. The summed E-state index contributed by atoms with van der Waals surface area (Å²) in [6.45, 7) is 4.65. The molecule has 0 amide bonds. The third-order valence-electron chi connectivity index (χ3n) is 3.00. The number of carbonyl (C=O) groups is 1. The van der Waals surface area contributed by atoms with Crippen LogP contribution in [0.5, 0.6) is 0 Å². The summed E-state index contributed by atoms with van der Waals surface area (Å²) in [5.74, 6) is 0.144. The van der Waals surface area contributed by atoms with Crippen molar-refractivity contribution in [2.75, 3.05) is 12.4 Å². The number of hydrogen-bond donors (Lipinski definition) is 0. The van der Waals surface area contributed by atoms with Crippen LogP contribution in [0.15, 0.2) is 35.4 Å². The molecule has 0 fully saturated rings. The first-order chi connectivity index (χ1) is 9.70. The number of ether oxygens (including phenoxy) is 1. The van der Waals surface area contributed by atoms with Gasteiger partial charge in [-0.15, -0.1) is 0 Å². The van der Waals surface area contributed by atoms with Crippen LogP contribution in [0.1, 0.15) is 25.3 Å². The van der Waals surface area contributed by atoms with Crippen molar-refractivity contribution in [1.82, 2.24) is 4.98 Å². The molecule has 3 nitrogen and oxygen atoms in total. The van der Waals surface area contributed by atoms with Crippen LogP contribution in [0.25, 0.3) is 10.9 Å². The number of para-hydroxylation sites is 1. The Kier molecular flexibility index (Phi) is 5.41. The minimum atomic E-state index is -0.170. The van der Waals surface area contributed by atoms with E-state index < -0.39 is 0 Å². The number of hydrogen-bond acceptors (Lipinski definition) is 4. The average Bonchev–Trinajstić information content (AvgIpc) is 2.45. The third kappa shape index (κ3) is 3.97. The minimum absolute atomic E-state index is 0.170. The normalized spacial score (nSPS) is 10.7. The molecule has 2 aromatic rings. The fourth-order valence-corrected chi connectivity index (χ4v) is 2.67. The quantitative estimate of drug-likeness (QED) is 0.458. The second-order valence-corrected chi connectivity index (χ2v) is 5.65. The van der Waals surface area contributed by atoms with Gasteiger partial charge in [-0.3, -0.25) is 4.79 Å². The molecule has 0 saturated heterocycles. The molecular formula is C16H19NO2S. The van der Waals surface area contributed by atoms with Gasteiger partial charge >= 0.3 is 5.97 Å². The van der Waals surface area contributed by atoms with Crippen LogP contribution in [0, 0.1) is 6.92 Å². The number of unbranched alkanes of at least 4 members (excludes halogenated alkanes) is 1. The number of pyridine rings is 1. The summed E-state index contributed by atoms with van der Waals surface area (Å²) >= 11 is 1.43. The molecule has 1 heterocycles. The van der Waals surface area contributed by atoms with Crippen LogP contribution in [0.3, 0.4) is 0 Å². The molecule has 0 spiro atoms. The Bertz CT molecular complexity index is 598. The molecule has 0 atom stereocenters. The van der Waals surface area contributed by atoms with Crippen molar-refractivity contribution in [3.05, 3.63) is 35.9 Å². The highest BCUT2D eigenvalue weighted by molar-refractivity contribution is 7.99. The maximum atomic E-state index is 11.6. The summed E-state index contributed by atoms with van der Waals surface area (Å²) in [6, 6.07) is 10.1. The Morgan fingerprint density at radius 3 is 2.95 bits per heavy atom. The zero-order valence-electron chi connectivity index (χ0n) is 11.9. The highest BCUT2D eigenvalue weighted by Crippen LogP contribution is 2.23. The molecule has 106 valence electrons. The van der Waals surface area contributed by atoms with E-state index in [0.29, 0.717) is 12.4 Å². The van der Waals surface area contributed by atoms with Crippen molar-refractivity contribution in [1.29, 1.82) is 0 Å². The van der Waals surface area contributed by atoms with Crippen molar-refractivity contribution < 1.29 is 9.53 Å². The number of esters is 1. The topological polar surface area (TPSA) is 39.2 Å². The number of fused-ring (bicyclic) bond motifs is 1. The molecule has 0 aliphatic carbocycles. The first-order valence-corrected chi connectivity index (χ1v) is 7.84. The van der Waals surface area contributed by atoms with Crippen LogP contribution in [0.4, 0.5) is 0 Å². The summed E-state index contributed by atoms with van der Waals surface area (Å²) < 4.78 is 5.13. The smallest absolute Gasteiger partial charge is 0.316 e. The highest BCUT2D eigenvalue weighted by atomic mass is 32.2. The summed E-state index contributed by atoms with van der Waals surface area (Å²) in [5.41, 5.74) is 2.15. The van der Waals surface area contributed by atoms with E-state index in [1.165, 1.54) is 17.3 Å². The van der Waals surface area contributed by atoms with Gasteiger partial charge in [0, 0.05) is 5.39 Å². The van der Waals surface area contributed by atoms with E-state index in [4.69, 9.17) is 4.74 Å². The number of nitrogens with zero attached hydrogens (tertiary/aromatic N) is 1. The molecule has 1 aromatic heterocycles. The fraction of sp³-hybridized carbons (Fsp3) is 0.375. The van der Waals surface area contributed by atoms with Crippen LogP contribution in [-0.4, -0.2) is 23.3 Å². The first-order valence-electron chi connectivity index (χ1n) is 6.85. The molecule has 0 unspecified atom stereocenters. The SMILES string of the molecule is CCCCOC(=O)CSc1cc(C)c2ccccc2n1. The van der Waals surface area contributed by atoms with Gasteiger partial charge in [0.05, 0.1) is 22.9 Å². The standard InChI is InChI=1S/C16H19NO2S/c1-3-4-9-19-16(18)11-20-15-10-12(2)13-7-5-6-8-14(13)17-15/h5-8,10H,3-4,9,11H2,1-2H3. The van der Waals surface area contributed by atoms with Crippen molar-refractivity contribution in [3.63, 3.8) is 0 Å². The van der Waals surface area contributed by atoms with Gasteiger partial charge < -0.3 is 4.74 Å². The maximum Gasteiger partial charge on any atom is 0.316 e. The van der Waals surface area contributed by atoms with Crippen molar-refractivity contribution >= 4 is 28.6 Å². The van der Waals surface area contributed by atoms with Gasteiger partial charge in [0.1, 0.15) is 0 Å². The molecule has 0 saturated carbocycles. The summed E-state index contributed by atoms with van der Waals surface area (Å²) in [5, 5.41) is 2.02. The molecule has 1 aromatic carbocycles. The van der Waals surface area contributed by atoms with E-state index in [0.717, 1.165) is 28.8 Å². The molecule has 0 radical (unpaired) electrons. The Balaban J connectivity index is 1.98. The number of carbonyl (C=O) groups excluding carboxylic acids is 1. The lowest BCUT2D eigenvalue weighted by Gasteiger charge is -2.06. The molecule has 0 aliphatic heterocycles. The minimum Gasteiger partial charge on any atom is -0.465 e. The molecule has 0 N–H and O–H groups in total. The number of rotatable bonds is 6. The van der Waals surface area contributed by atoms with Gasteiger partial charge in [-0.05, 0) is 31.0 Å². The summed E-state index contributed by atoms with van der Waals surface area (Å²) in [6.07, 6.45) is 1.95. The number of aryl methyl sites for hydroxylation is 1. The van der Waals surface area contributed by atoms with Gasteiger partial charge in [-0.25, -0.2) is 4.98 Å². The van der Waals surface area contributed by atoms with Gasteiger partial charge in [0.25, 0.3) is 0 Å². The van der Waals surface area contributed by atoms with E-state index in [1.54, 1.807) is 0 Å². The van der Waals surface area contributed by atoms with Crippen LogP contribution < -0.4 is 0 Å². The summed E-state index contributed by atoms with van der Waals surface area (Å²) in [7, 11) is 0. The molecule has 0 bridgehead atoms.